The highest BCUT2D eigenvalue weighted by Gasteiger charge is 2.34. The molecule has 0 unspecified atom stereocenters. The fourth-order valence-corrected chi connectivity index (χ4v) is 1.10. The van der Waals surface area contributed by atoms with Crippen LogP contribution in [0.15, 0.2) is 6.20 Å². The predicted molar refractivity (Wildman–Crippen MR) is 49.9 cm³/mol. The summed E-state index contributed by atoms with van der Waals surface area (Å²) in [6.07, 6.45) is -4.37. The summed E-state index contributed by atoms with van der Waals surface area (Å²) >= 11 is 0. The number of alkyl halides is 3. The first-order chi connectivity index (χ1) is 7.76. The minimum Gasteiger partial charge on any atom is -0.402 e. The maximum Gasteiger partial charge on any atom is 0.573 e. The van der Waals surface area contributed by atoms with E-state index in [1.54, 1.807) is 0 Å². The van der Waals surface area contributed by atoms with Gasteiger partial charge in [-0.1, -0.05) is 0 Å². The molecule has 7 nitrogen and oxygen atoms in total. The van der Waals surface area contributed by atoms with Gasteiger partial charge in [0.2, 0.25) is 0 Å². The Labute approximate surface area is 92.3 Å². The van der Waals surface area contributed by atoms with Gasteiger partial charge in [0.1, 0.15) is 5.69 Å². The number of hydrogen-bond acceptors (Lipinski definition) is 6. The van der Waals surface area contributed by atoms with Crippen LogP contribution in [-0.4, -0.2) is 16.3 Å². The Morgan fingerprint density at radius 2 is 2.12 bits per heavy atom. The molecule has 1 heterocycles. The van der Waals surface area contributed by atoms with Crippen molar-refractivity contribution in [3.63, 3.8) is 0 Å². The minimum absolute atomic E-state index is 0.220. The third-order valence-electron chi connectivity index (χ3n) is 1.73. The first-order valence-electron chi connectivity index (χ1n) is 4.13. The fraction of sp³-hybridized carbons (Fsp3) is 0.286. The van der Waals surface area contributed by atoms with E-state index in [0.29, 0.717) is 6.20 Å². The third kappa shape index (κ3) is 2.93. The molecule has 0 amide bonds. The quantitative estimate of drug-likeness (QED) is 0.610. The average Bonchev–Trinajstić information content (AvgIpc) is 2.18. The molecule has 0 atom stereocenters. The molecule has 0 bridgehead atoms. The zero-order valence-corrected chi connectivity index (χ0v) is 8.19. The highest BCUT2D eigenvalue weighted by molar-refractivity contribution is 5.68. The van der Waals surface area contributed by atoms with Crippen LogP contribution in [0.25, 0.3) is 0 Å². The molecule has 94 valence electrons. The van der Waals surface area contributed by atoms with Crippen LogP contribution >= 0.6 is 0 Å². The highest BCUT2D eigenvalue weighted by atomic mass is 19.4. The Morgan fingerprint density at radius 3 is 2.53 bits per heavy atom. The number of hydrogen-bond donors (Lipinski definition) is 2. The number of pyridine rings is 1. The summed E-state index contributed by atoms with van der Waals surface area (Å²) in [5.74, 6) is -0.929. The van der Waals surface area contributed by atoms with Gasteiger partial charge in [-0.15, -0.1) is 13.2 Å². The molecule has 0 aliphatic heterocycles. The van der Waals surface area contributed by atoms with E-state index in [2.05, 4.69) is 9.72 Å². The van der Waals surface area contributed by atoms with Crippen LogP contribution in [0.5, 0.6) is 5.75 Å². The largest absolute Gasteiger partial charge is 0.573 e. The van der Waals surface area contributed by atoms with Crippen molar-refractivity contribution >= 4 is 11.4 Å². The van der Waals surface area contributed by atoms with Crippen molar-refractivity contribution in [2.24, 2.45) is 5.73 Å². The van der Waals surface area contributed by atoms with Gasteiger partial charge in [-0.05, 0) is 0 Å². The molecular formula is C7H7F3N4O3. The molecule has 0 radical (unpaired) electrons. The van der Waals surface area contributed by atoms with E-state index in [-0.39, 0.29) is 12.2 Å². The van der Waals surface area contributed by atoms with E-state index in [4.69, 9.17) is 11.5 Å². The number of rotatable bonds is 3. The Morgan fingerprint density at radius 1 is 1.53 bits per heavy atom. The molecule has 0 saturated carbocycles. The van der Waals surface area contributed by atoms with E-state index in [1.165, 1.54) is 0 Å². The van der Waals surface area contributed by atoms with Crippen molar-refractivity contribution in [2.45, 2.75) is 12.9 Å². The zero-order chi connectivity index (χ0) is 13.2. The van der Waals surface area contributed by atoms with Gasteiger partial charge in [0.05, 0.1) is 11.1 Å². The molecule has 0 saturated heterocycles. The Bertz CT molecular complexity index is 449. The Balaban J connectivity index is 3.28. The Hall–Kier alpha value is -2.10. The van der Waals surface area contributed by atoms with Gasteiger partial charge < -0.3 is 16.2 Å². The number of halogens is 3. The van der Waals surface area contributed by atoms with Crippen molar-refractivity contribution < 1.29 is 22.8 Å². The second-order valence-electron chi connectivity index (χ2n) is 2.84. The number of ether oxygens (including phenoxy) is 1. The molecule has 17 heavy (non-hydrogen) atoms. The van der Waals surface area contributed by atoms with E-state index < -0.39 is 28.4 Å². The lowest BCUT2D eigenvalue weighted by molar-refractivity contribution is -0.385. The lowest BCUT2D eigenvalue weighted by Gasteiger charge is -2.11. The lowest BCUT2D eigenvalue weighted by Crippen LogP contribution is -2.19. The van der Waals surface area contributed by atoms with Crippen molar-refractivity contribution in [1.29, 1.82) is 0 Å². The van der Waals surface area contributed by atoms with Gasteiger partial charge in [0.25, 0.3) is 0 Å². The zero-order valence-electron chi connectivity index (χ0n) is 8.19. The van der Waals surface area contributed by atoms with Crippen LogP contribution in [0.4, 0.5) is 24.5 Å². The number of nitrogens with zero attached hydrogens (tertiary/aromatic N) is 2. The van der Waals surface area contributed by atoms with Gasteiger partial charge in [-0.25, -0.2) is 4.98 Å². The monoisotopic (exact) mass is 252 g/mol. The summed E-state index contributed by atoms with van der Waals surface area (Å²) in [7, 11) is 0. The second kappa shape index (κ2) is 4.41. The first-order valence-corrected chi connectivity index (χ1v) is 4.13. The van der Waals surface area contributed by atoms with Gasteiger partial charge in [-0.3, -0.25) is 10.1 Å². The molecule has 1 aromatic rings. The number of nitrogens with two attached hydrogens (primary N) is 2. The molecule has 1 aromatic heterocycles. The molecule has 0 spiro atoms. The van der Waals surface area contributed by atoms with Crippen molar-refractivity contribution in [1.82, 2.24) is 4.98 Å². The van der Waals surface area contributed by atoms with Gasteiger partial charge in [0.15, 0.2) is 11.4 Å². The molecule has 0 fully saturated rings. The second-order valence-corrected chi connectivity index (χ2v) is 2.84. The summed E-state index contributed by atoms with van der Waals surface area (Å²) in [4.78, 5) is 13.0. The molecular weight excluding hydrogens is 245 g/mol. The molecule has 4 N–H and O–H groups in total. The van der Waals surface area contributed by atoms with E-state index >= 15 is 0 Å². The van der Waals surface area contributed by atoms with Gasteiger partial charge in [-0.2, -0.15) is 0 Å². The molecule has 0 aliphatic carbocycles. The smallest absolute Gasteiger partial charge is 0.402 e. The lowest BCUT2D eigenvalue weighted by atomic mass is 10.2. The average molecular weight is 252 g/mol. The number of anilines is 1. The molecule has 0 aliphatic rings. The van der Waals surface area contributed by atoms with Gasteiger partial charge >= 0.3 is 12.0 Å². The number of nitrogen functional groups attached to an aromatic ring is 1. The summed E-state index contributed by atoms with van der Waals surface area (Å²) in [5.41, 5.74) is 8.59. The van der Waals surface area contributed by atoms with Crippen LogP contribution in [0.1, 0.15) is 5.69 Å². The van der Waals surface area contributed by atoms with E-state index in [1.807, 2.05) is 0 Å². The van der Waals surface area contributed by atoms with Crippen molar-refractivity contribution in [3.05, 3.63) is 22.0 Å². The summed E-state index contributed by atoms with van der Waals surface area (Å²) in [6.45, 7) is -0.327. The van der Waals surface area contributed by atoms with Crippen molar-refractivity contribution in [3.8, 4) is 5.75 Å². The first kappa shape index (κ1) is 13.0. The molecule has 0 aromatic carbocycles. The van der Waals surface area contributed by atoms with Crippen molar-refractivity contribution in [2.75, 3.05) is 5.73 Å². The topological polar surface area (TPSA) is 117 Å². The van der Waals surface area contributed by atoms with Crippen LogP contribution < -0.4 is 16.2 Å². The van der Waals surface area contributed by atoms with Crippen LogP contribution in [0.3, 0.4) is 0 Å². The minimum atomic E-state index is -5.01. The SMILES string of the molecule is NCc1ncc(OC(F)(F)F)c(N)c1[N+](=O)[O-]. The summed E-state index contributed by atoms with van der Waals surface area (Å²) in [5, 5.41) is 10.6. The van der Waals surface area contributed by atoms with E-state index in [9.17, 15) is 23.3 Å². The summed E-state index contributed by atoms with van der Waals surface area (Å²) in [6, 6.07) is 0. The summed E-state index contributed by atoms with van der Waals surface area (Å²) < 4.78 is 39.3. The molecule has 1 rings (SSSR count). The normalized spacial score (nSPS) is 11.3. The number of aromatic nitrogens is 1. The van der Waals surface area contributed by atoms with Crippen LogP contribution in [0, 0.1) is 10.1 Å². The van der Waals surface area contributed by atoms with Gasteiger partial charge in [0, 0.05) is 6.54 Å². The third-order valence-corrected chi connectivity index (χ3v) is 1.73. The standard InChI is InChI=1S/C7H7F3N4O3/c8-7(9,10)17-4-2-13-3(1-11)6(5(4)12)14(15)16/h2H,1,11H2,(H2,12,13). The molecule has 10 heteroatoms. The number of nitro groups is 1. The predicted octanol–water partition coefficient (Wildman–Crippen LogP) is 0.929. The fourth-order valence-electron chi connectivity index (χ4n) is 1.10. The maximum absolute atomic E-state index is 11.9. The highest BCUT2D eigenvalue weighted by Crippen LogP contribution is 2.35. The maximum atomic E-state index is 11.9. The van der Waals surface area contributed by atoms with Crippen LogP contribution in [0.2, 0.25) is 0 Å². The van der Waals surface area contributed by atoms with Crippen LogP contribution in [-0.2, 0) is 6.54 Å². The van der Waals surface area contributed by atoms with E-state index in [0.717, 1.165) is 0 Å². The Kier molecular flexibility index (Phi) is 3.36.